The van der Waals surface area contributed by atoms with Gasteiger partial charge in [0.05, 0.1) is 12.5 Å². The van der Waals surface area contributed by atoms with Crippen molar-refractivity contribution in [2.75, 3.05) is 6.61 Å². The first-order valence-corrected chi connectivity index (χ1v) is 4.92. The van der Waals surface area contributed by atoms with E-state index < -0.39 is 0 Å². The van der Waals surface area contributed by atoms with Crippen LogP contribution in [-0.2, 0) is 9.53 Å². The van der Waals surface area contributed by atoms with Gasteiger partial charge in [0.1, 0.15) is 0 Å². The van der Waals surface area contributed by atoms with Crippen LogP contribution in [0, 0.1) is 11.8 Å². The Labute approximate surface area is 74.3 Å². The summed E-state index contributed by atoms with van der Waals surface area (Å²) in [6, 6.07) is 0. The molecular weight excluding hydrogens is 152 g/mol. The maximum Gasteiger partial charge on any atom is 0.309 e. The van der Waals surface area contributed by atoms with E-state index in [0.717, 1.165) is 6.42 Å². The van der Waals surface area contributed by atoms with Gasteiger partial charge in [0.2, 0.25) is 0 Å². The molecule has 0 spiro atoms. The van der Waals surface area contributed by atoms with Crippen molar-refractivity contribution in [3.05, 3.63) is 0 Å². The summed E-state index contributed by atoms with van der Waals surface area (Å²) in [4.78, 5) is 11.2. The van der Waals surface area contributed by atoms with Crippen LogP contribution in [0.1, 0.15) is 39.5 Å². The Morgan fingerprint density at radius 3 is 2.75 bits per heavy atom. The van der Waals surface area contributed by atoms with Gasteiger partial charge in [-0.3, -0.25) is 4.79 Å². The quantitative estimate of drug-likeness (QED) is 0.478. The summed E-state index contributed by atoms with van der Waals surface area (Å²) in [6.45, 7) is 4.91. The summed E-state index contributed by atoms with van der Waals surface area (Å²) in [7, 11) is 0. The van der Waals surface area contributed by atoms with E-state index in [4.69, 9.17) is 4.74 Å². The molecule has 0 N–H and O–H groups in total. The third kappa shape index (κ3) is 2.23. The van der Waals surface area contributed by atoms with Crippen LogP contribution in [0.4, 0.5) is 0 Å². The molecule has 0 amide bonds. The lowest BCUT2D eigenvalue weighted by Crippen LogP contribution is -2.13. The lowest BCUT2D eigenvalue weighted by Gasteiger charge is -2.08. The van der Waals surface area contributed by atoms with Gasteiger partial charge >= 0.3 is 5.97 Å². The molecule has 70 valence electrons. The van der Waals surface area contributed by atoms with Gasteiger partial charge in [0.25, 0.3) is 0 Å². The Morgan fingerprint density at radius 2 is 2.25 bits per heavy atom. The molecule has 1 saturated heterocycles. The number of hydrogen-bond acceptors (Lipinski definition) is 2. The zero-order valence-corrected chi connectivity index (χ0v) is 8.01. The first kappa shape index (κ1) is 9.56. The highest BCUT2D eigenvalue weighted by atomic mass is 16.5. The molecule has 2 heteroatoms. The molecule has 2 atom stereocenters. The van der Waals surface area contributed by atoms with Gasteiger partial charge in [0.15, 0.2) is 0 Å². The second kappa shape index (κ2) is 4.48. The summed E-state index contributed by atoms with van der Waals surface area (Å²) in [5.74, 6) is 0.657. The smallest absolute Gasteiger partial charge is 0.309 e. The Balaban J connectivity index is 2.25. The molecule has 2 nitrogen and oxygen atoms in total. The van der Waals surface area contributed by atoms with Crippen molar-refractivity contribution in [3.8, 4) is 0 Å². The molecule has 0 aromatic heterocycles. The summed E-state index contributed by atoms with van der Waals surface area (Å²) < 4.78 is 4.97. The lowest BCUT2D eigenvalue weighted by molar-refractivity contribution is -0.141. The van der Waals surface area contributed by atoms with Crippen LogP contribution >= 0.6 is 0 Å². The van der Waals surface area contributed by atoms with Crippen molar-refractivity contribution < 1.29 is 9.53 Å². The van der Waals surface area contributed by atoms with E-state index in [0.29, 0.717) is 12.5 Å². The molecule has 1 heterocycles. The van der Waals surface area contributed by atoms with Crippen molar-refractivity contribution in [2.45, 2.75) is 39.5 Å². The highest BCUT2D eigenvalue weighted by Gasteiger charge is 2.32. The second-order valence-corrected chi connectivity index (χ2v) is 3.71. The molecule has 1 aliphatic heterocycles. The Kier molecular flexibility index (Phi) is 3.57. The van der Waals surface area contributed by atoms with E-state index >= 15 is 0 Å². The average Bonchev–Trinajstić information content (AvgIpc) is 2.35. The van der Waals surface area contributed by atoms with Gasteiger partial charge in [-0.05, 0) is 6.42 Å². The molecule has 12 heavy (non-hydrogen) atoms. The third-order valence-electron chi connectivity index (χ3n) is 2.60. The number of cyclic esters (lactones) is 1. The van der Waals surface area contributed by atoms with Crippen LogP contribution in [0.25, 0.3) is 0 Å². The fourth-order valence-corrected chi connectivity index (χ4v) is 1.69. The van der Waals surface area contributed by atoms with Gasteiger partial charge in [-0.15, -0.1) is 0 Å². The van der Waals surface area contributed by atoms with Gasteiger partial charge in [-0.2, -0.15) is 0 Å². The fourth-order valence-electron chi connectivity index (χ4n) is 1.69. The SMILES string of the molecule is CCCCC[C@H]1C(=O)OC[C@@H]1C. The molecule has 0 aromatic carbocycles. The van der Waals surface area contributed by atoms with Crippen molar-refractivity contribution in [1.29, 1.82) is 0 Å². The zero-order chi connectivity index (χ0) is 8.97. The van der Waals surface area contributed by atoms with Gasteiger partial charge < -0.3 is 4.74 Å². The number of hydrogen-bond donors (Lipinski definition) is 0. The number of unbranched alkanes of at least 4 members (excludes halogenated alkanes) is 2. The van der Waals surface area contributed by atoms with Gasteiger partial charge in [-0.1, -0.05) is 33.1 Å². The lowest BCUT2D eigenvalue weighted by atomic mass is 9.92. The number of carbonyl (C=O) groups is 1. The predicted molar refractivity (Wildman–Crippen MR) is 47.8 cm³/mol. The Hall–Kier alpha value is -0.530. The molecule has 0 unspecified atom stereocenters. The predicted octanol–water partition coefficient (Wildman–Crippen LogP) is 2.38. The van der Waals surface area contributed by atoms with E-state index in [1.807, 2.05) is 0 Å². The minimum atomic E-state index is 0.0265. The van der Waals surface area contributed by atoms with Gasteiger partial charge in [0, 0.05) is 5.92 Å². The van der Waals surface area contributed by atoms with Crippen molar-refractivity contribution >= 4 is 5.97 Å². The number of carbonyl (C=O) groups excluding carboxylic acids is 1. The molecule has 1 rings (SSSR count). The molecule has 0 bridgehead atoms. The minimum absolute atomic E-state index is 0.0265. The first-order chi connectivity index (χ1) is 5.75. The molecule has 0 saturated carbocycles. The molecular formula is C10H18O2. The molecule has 0 aromatic rings. The third-order valence-corrected chi connectivity index (χ3v) is 2.60. The van der Waals surface area contributed by atoms with E-state index in [1.165, 1.54) is 19.3 Å². The maximum atomic E-state index is 11.2. The summed E-state index contributed by atoms with van der Waals surface area (Å²) >= 11 is 0. The second-order valence-electron chi connectivity index (χ2n) is 3.71. The monoisotopic (exact) mass is 170 g/mol. The fraction of sp³-hybridized carbons (Fsp3) is 0.900. The molecule has 0 radical (unpaired) electrons. The normalized spacial score (nSPS) is 29.0. The van der Waals surface area contributed by atoms with Crippen LogP contribution in [0.5, 0.6) is 0 Å². The molecule has 0 aliphatic carbocycles. The minimum Gasteiger partial charge on any atom is -0.465 e. The van der Waals surface area contributed by atoms with Crippen LogP contribution in [0.2, 0.25) is 0 Å². The van der Waals surface area contributed by atoms with E-state index in [1.54, 1.807) is 0 Å². The maximum absolute atomic E-state index is 11.2. The first-order valence-electron chi connectivity index (χ1n) is 4.92. The zero-order valence-electron chi connectivity index (χ0n) is 8.01. The number of ether oxygens (including phenoxy) is 1. The van der Waals surface area contributed by atoms with Crippen molar-refractivity contribution in [2.24, 2.45) is 11.8 Å². The van der Waals surface area contributed by atoms with Crippen molar-refractivity contribution in [1.82, 2.24) is 0 Å². The average molecular weight is 170 g/mol. The van der Waals surface area contributed by atoms with Gasteiger partial charge in [-0.25, -0.2) is 0 Å². The molecule has 1 fully saturated rings. The molecule has 1 aliphatic rings. The van der Waals surface area contributed by atoms with E-state index in [2.05, 4.69) is 13.8 Å². The van der Waals surface area contributed by atoms with Crippen LogP contribution in [0.3, 0.4) is 0 Å². The highest BCUT2D eigenvalue weighted by Crippen LogP contribution is 2.26. The van der Waals surface area contributed by atoms with Crippen LogP contribution < -0.4 is 0 Å². The summed E-state index contributed by atoms with van der Waals surface area (Å²) in [5, 5.41) is 0. The van der Waals surface area contributed by atoms with E-state index in [-0.39, 0.29) is 11.9 Å². The topological polar surface area (TPSA) is 26.3 Å². The number of esters is 1. The summed E-state index contributed by atoms with van der Waals surface area (Å²) in [5.41, 5.74) is 0. The standard InChI is InChI=1S/C10H18O2/c1-3-4-5-6-9-8(2)7-12-10(9)11/h8-9H,3-7H2,1-2H3/t8-,9+/m0/s1. The van der Waals surface area contributed by atoms with Crippen molar-refractivity contribution in [3.63, 3.8) is 0 Å². The Bertz CT molecular complexity index is 154. The largest absolute Gasteiger partial charge is 0.465 e. The number of rotatable bonds is 4. The van der Waals surface area contributed by atoms with Crippen LogP contribution in [-0.4, -0.2) is 12.6 Å². The summed E-state index contributed by atoms with van der Waals surface area (Å²) in [6.07, 6.45) is 4.64. The van der Waals surface area contributed by atoms with E-state index in [9.17, 15) is 4.79 Å². The Morgan fingerprint density at radius 1 is 1.50 bits per heavy atom. The highest BCUT2D eigenvalue weighted by molar-refractivity contribution is 5.74. The van der Waals surface area contributed by atoms with Crippen LogP contribution in [0.15, 0.2) is 0 Å².